The molecule has 1 aromatic rings. The third-order valence-corrected chi connectivity index (χ3v) is 10.2. The first-order valence-electron chi connectivity index (χ1n) is 12.1. The van der Waals surface area contributed by atoms with E-state index in [-0.39, 0.29) is 17.4 Å². The Morgan fingerprint density at radius 2 is 1.93 bits per heavy atom. The lowest BCUT2D eigenvalue weighted by Gasteiger charge is -2.62. The van der Waals surface area contributed by atoms with E-state index in [0.717, 1.165) is 49.3 Å². The molecule has 0 unspecified atom stereocenters. The van der Waals surface area contributed by atoms with Crippen LogP contribution in [-0.4, -0.2) is 34.7 Å². The predicted molar refractivity (Wildman–Crippen MR) is 114 cm³/mol. The number of nitrogens with zero attached hydrogens (tertiary/aromatic N) is 1. The molecule has 2 N–H and O–H groups in total. The average molecular weight is 418 g/mol. The van der Waals surface area contributed by atoms with Gasteiger partial charge in [-0.2, -0.15) is 0 Å². The molecule has 4 saturated carbocycles. The van der Waals surface area contributed by atoms with Crippen LogP contribution in [0.3, 0.4) is 0 Å². The van der Waals surface area contributed by atoms with Crippen LogP contribution in [0.25, 0.3) is 0 Å². The van der Waals surface area contributed by atoms with Gasteiger partial charge in [-0.3, -0.25) is 0 Å². The predicted octanol–water partition coefficient (Wildman–Crippen LogP) is 4.67. The van der Waals surface area contributed by atoms with Crippen molar-refractivity contribution in [1.29, 1.82) is 0 Å². The normalized spacial score (nSPS) is 48.1. The van der Waals surface area contributed by atoms with E-state index < -0.39 is 5.60 Å². The van der Waals surface area contributed by atoms with Crippen LogP contribution in [0, 0.1) is 34.5 Å². The number of ether oxygens (including phenoxy) is 1. The van der Waals surface area contributed by atoms with Gasteiger partial charge in [0.05, 0.1) is 17.9 Å². The zero-order valence-electron chi connectivity index (χ0n) is 18.9. The van der Waals surface area contributed by atoms with Crippen LogP contribution < -0.4 is 0 Å². The molecule has 0 saturated heterocycles. The van der Waals surface area contributed by atoms with Gasteiger partial charge in [0.25, 0.3) is 0 Å². The Bertz CT molecular complexity index is 775. The molecule has 5 nitrogen and oxygen atoms in total. The molecule has 0 aliphatic heterocycles. The van der Waals surface area contributed by atoms with Crippen LogP contribution >= 0.6 is 0 Å². The highest BCUT2D eigenvalue weighted by Gasteiger charge is 2.62. The highest BCUT2D eigenvalue weighted by Crippen LogP contribution is 2.69. The summed E-state index contributed by atoms with van der Waals surface area (Å²) in [6.45, 7) is 5.31. The number of methoxy groups -OCH3 is 1. The monoisotopic (exact) mass is 417 g/mol. The molecule has 1 heterocycles. The lowest BCUT2D eigenvalue weighted by atomic mass is 9.43. The molecule has 5 heteroatoms. The molecule has 8 atom stereocenters. The van der Waals surface area contributed by atoms with E-state index in [1.54, 1.807) is 0 Å². The molecule has 4 aliphatic carbocycles. The lowest BCUT2D eigenvalue weighted by molar-refractivity contribution is -0.172. The topological polar surface area (TPSA) is 75.7 Å². The summed E-state index contributed by atoms with van der Waals surface area (Å²) in [5, 5.41) is 24.6. The molecular formula is C25H39NO4. The highest BCUT2D eigenvalue weighted by atomic mass is 16.5. The fourth-order valence-electron chi connectivity index (χ4n) is 8.84. The summed E-state index contributed by atoms with van der Waals surface area (Å²) in [5.74, 6) is 3.82. The minimum atomic E-state index is -0.506. The SMILES string of the molecule is COC[C@]12CC[C@@](C)(O)C[C@H]1CC[C@H]1[C@@H]3CC[C@H](c4cc(CO)on4)[C@@]3(C)CC[C@@H]12. The first-order chi connectivity index (χ1) is 14.3. The van der Waals surface area contributed by atoms with E-state index in [9.17, 15) is 10.2 Å². The first-order valence-corrected chi connectivity index (χ1v) is 12.1. The molecule has 0 amide bonds. The van der Waals surface area contributed by atoms with Crippen molar-refractivity contribution in [3.8, 4) is 0 Å². The van der Waals surface area contributed by atoms with Gasteiger partial charge in [0.1, 0.15) is 6.61 Å². The van der Waals surface area contributed by atoms with Gasteiger partial charge in [0, 0.05) is 19.1 Å². The van der Waals surface area contributed by atoms with Gasteiger partial charge in [-0.25, -0.2) is 0 Å². The second-order valence-corrected chi connectivity index (χ2v) is 11.6. The molecule has 5 rings (SSSR count). The minimum Gasteiger partial charge on any atom is -0.390 e. The number of rotatable bonds is 4. The second kappa shape index (κ2) is 7.31. The summed E-state index contributed by atoms with van der Waals surface area (Å²) < 4.78 is 11.2. The summed E-state index contributed by atoms with van der Waals surface area (Å²) >= 11 is 0. The molecule has 30 heavy (non-hydrogen) atoms. The van der Waals surface area contributed by atoms with E-state index in [1.165, 1.54) is 38.5 Å². The summed E-state index contributed by atoms with van der Waals surface area (Å²) in [4.78, 5) is 0. The fraction of sp³-hybridized carbons (Fsp3) is 0.880. The summed E-state index contributed by atoms with van der Waals surface area (Å²) in [6, 6.07) is 1.98. The molecule has 4 fully saturated rings. The molecule has 0 radical (unpaired) electrons. The van der Waals surface area contributed by atoms with Gasteiger partial charge in [-0.1, -0.05) is 12.1 Å². The van der Waals surface area contributed by atoms with Crippen molar-refractivity contribution < 1.29 is 19.5 Å². The van der Waals surface area contributed by atoms with Crippen molar-refractivity contribution in [2.75, 3.05) is 13.7 Å². The Labute approximate surface area is 180 Å². The Hall–Kier alpha value is -0.910. The third-order valence-electron chi connectivity index (χ3n) is 10.2. The Kier molecular flexibility index (Phi) is 5.11. The number of fused-ring (bicyclic) bond motifs is 5. The minimum absolute atomic E-state index is 0.0741. The highest BCUT2D eigenvalue weighted by molar-refractivity contribution is 5.20. The Balaban J connectivity index is 1.43. The molecule has 1 aromatic heterocycles. The summed E-state index contributed by atoms with van der Waals surface area (Å²) in [6.07, 6.45) is 10.4. The van der Waals surface area contributed by atoms with Crippen LogP contribution in [0.5, 0.6) is 0 Å². The molecule has 0 spiro atoms. The summed E-state index contributed by atoms with van der Waals surface area (Å²) in [5.41, 5.74) is 1.06. The van der Waals surface area contributed by atoms with Gasteiger partial charge < -0.3 is 19.5 Å². The zero-order valence-corrected chi connectivity index (χ0v) is 18.9. The van der Waals surface area contributed by atoms with Crippen LogP contribution in [0.15, 0.2) is 10.6 Å². The van der Waals surface area contributed by atoms with Gasteiger partial charge >= 0.3 is 0 Å². The van der Waals surface area contributed by atoms with Crippen molar-refractivity contribution in [3.63, 3.8) is 0 Å². The standard InChI is InChI=1S/C25H39NO4/c1-23(28)10-11-25(15-29-3)16(13-23)4-5-18-19-6-7-21(22-12-17(14-27)30-26-22)24(19,2)9-8-20(18)25/h12,16,18-21,27-28H,4-11,13-15H2,1-3H3/t16-,18+,19+,20+,21-,23-,24+,25-/m1/s1. The van der Waals surface area contributed by atoms with Gasteiger partial charge in [-0.05, 0) is 99.2 Å². The Morgan fingerprint density at radius 3 is 2.67 bits per heavy atom. The van der Waals surface area contributed by atoms with E-state index in [1.807, 2.05) is 20.1 Å². The molecule has 0 bridgehead atoms. The lowest BCUT2D eigenvalue weighted by Crippen LogP contribution is -2.58. The average Bonchev–Trinajstić information content (AvgIpc) is 3.31. The van der Waals surface area contributed by atoms with Crippen LogP contribution in [0.2, 0.25) is 0 Å². The van der Waals surface area contributed by atoms with E-state index in [2.05, 4.69) is 12.1 Å². The van der Waals surface area contributed by atoms with E-state index in [0.29, 0.717) is 17.6 Å². The maximum atomic E-state index is 10.8. The maximum absolute atomic E-state index is 10.8. The second-order valence-electron chi connectivity index (χ2n) is 11.6. The van der Waals surface area contributed by atoms with E-state index in [4.69, 9.17) is 9.26 Å². The molecular weight excluding hydrogens is 378 g/mol. The van der Waals surface area contributed by atoms with E-state index >= 15 is 0 Å². The smallest absolute Gasteiger partial charge is 0.162 e. The number of hydrogen-bond donors (Lipinski definition) is 2. The Morgan fingerprint density at radius 1 is 1.10 bits per heavy atom. The van der Waals surface area contributed by atoms with Crippen LogP contribution in [0.4, 0.5) is 0 Å². The van der Waals surface area contributed by atoms with Crippen LogP contribution in [-0.2, 0) is 11.3 Å². The zero-order chi connectivity index (χ0) is 21.1. The van der Waals surface area contributed by atoms with Crippen molar-refractivity contribution in [3.05, 3.63) is 17.5 Å². The number of aromatic nitrogens is 1. The quantitative estimate of drug-likeness (QED) is 0.744. The molecule has 4 aliphatic rings. The summed E-state index contributed by atoms with van der Waals surface area (Å²) in [7, 11) is 1.87. The third kappa shape index (κ3) is 3.02. The molecule has 0 aromatic carbocycles. The van der Waals surface area contributed by atoms with Crippen molar-refractivity contribution in [2.24, 2.45) is 34.5 Å². The number of aliphatic hydroxyl groups excluding tert-OH is 1. The van der Waals surface area contributed by atoms with Crippen molar-refractivity contribution >= 4 is 0 Å². The molecule has 168 valence electrons. The van der Waals surface area contributed by atoms with Crippen molar-refractivity contribution in [2.45, 2.75) is 89.8 Å². The van der Waals surface area contributed by atoms with Gasteiger partial charge in [0.15, 0.2) is 5.76 Å². The first kappa shape index (κ1) is 21.0. The largest absolute Gasteiger partial charge is 0.390 e. The van der Waals surface area contributed by atoms with Crippen molar-refractivity contribution in [1.82, 2.24) is 5.16 Å². The fourth-order valence-corrected chi connectivity index (χ4v) is 8.84. The number of hydrogen-bond acceptors (Lipinski definition) is 5. The maximum Gasteiger partial charge on any atom is 0.162 e. The number of aliphatic hydroxyl groups is 2. The van der Waals surface area contributed by atoms with Gasteiger partial charge in [0.2, 0.25) is 0 Å². The van der Waals surface area contributed by atoms with Crippen LogP contribution in [0.1, 0.15) is 89.0 Å². The van der Waals surface area contributed by atoms with Gasteiger partial charge in [-0.15, -0.1) is 0 Å².